The molecule has 0 fully saturated rings. The number of hydrogen-bond donors (Lipinski definition) is 1. The van der Waals surface area contributed by atoms with E-state index >= 15 is 0 Å². The molecule has 0 radical (unpaired) electrons. The van der Waals surface area contributed by atoms with Gasteiger partial charge in [0.25, 0.3) is 5.91 Å². The zero-order valence-corrected chi connectivity index (χ0v) is 11.6. The highest BCUT2D eigenvalue weighted by Gasteiger charge is 2.06. The smallest absolute Gasteiger partial charge is 0.277 e. The molecule has 1 aromatic carbocycles. The van der Waals surface area contributed by atoms with E-state index in [2.05, 4.69) is 10.5 Å². The molecule has 0 saturated heterocycles. The van der Waals surface area contributed by atoms with Gasteiger partial charge < -0.3 is 4.74 Å². The number of ether oxygens (including phenoxy) is 1. The van der Waals surface area contributed by atoms with Crippen LogP contribution in [-0.2, 0) is 4.79 Å². The molecule has 104 valence electrons. The highest BCUT2D eigenvalue weighted by molar-refractivity contribution is 7.12. The lowest BCUT2D eigenvalue weighted by Gasteiger charge is -2.06. The lowest BCUT2D eigenvalue weighted by Crippen LogP contribution is -2.25. The minimum Gasteiger partial charge on any atom is -0.481 e. The first kappa shape index (κ1) is 14.2. The van der Waals surface area contributed by atoms with Gasteiger partial charge in [-0.2, -0.15) is 5.10 Å². The van der Waals surface area contributed by atoms with Crippen LogP contribution in [0.4, 0.5) is 4.39 Å². The standard InChI is InChI=1S/C14H13FN2O2S/c1-10(13-7-4-8-20-13)16-17-14(18)9-19-12-6-3-2-5-11(12)15/h2-8H,9H2,1H3,(H,17,18)/b16-10+. The predicted molar refractivity (Wildman–Crippen MR) is 76.6 cm³/mol. The molecule has 0 aliphatic heterocycles. The number of carbonyl (C=O) groups is 1. The molecule has 1 aromatic heterocycles. The van der Waals surface area contributed by atoms with Crippen LogP contribution in [0, 0.1) is 5.82 Å². The van der Waals surface area contributed by atoms with E-state index < -0.39 is 11.7 Å². The third-order valence-corrected chi connectivity index (χ3v) is 3.40. The molecule has 1 amide bonds. The first-order chi connectivity index (χ1) is 9.66. The lowest BCUT2D eigenvalue weighted by atomic mass is 10.3. The van der Waals surface area contributed by atoms with Crippen molar-refractivity contribution in [3.05, 3.63) is 52.5 Å². The van der Waals surface area contributed by atoms with Gasteiger partial charge in [0.05, 0.1) is 5.71 Å². The number of nitrogens with zero attached hydrogens (tertiary/aromatic N) is 1. The summed E-state index contributed by atoms with van der Waals surface area (Å²) in [6.07, 6.45) is 0. The predicted octanol–water partition coefficient (Wildman–Crippen LogP) is 2.81. The zero-order valence-electron chi connectivity index (χ0n) is 10.8. The van der Waals surface area contributed by atoms with E-state index in [9.17, 15) is 9.18 Å². The maximum atomic E-state index is 13.3. The van der Waals surface area contributed by atoms with Crippen molar-refractivity contribution in [3.8, 4) is 5.75 Å². The Bertz CT molecular complexity index is 611. The second-order valence-corrected chi connectivity index (χ2v) is 4.88. The third kappa shape index (κ3) is 3.89. The molecule has 1 heterocycles. The molecule has 2 rings (SSSR count). The Labute approximate surface area is 119 Å². The number of halogens is 1. The van der Waals surface area contributed by atoms with Gasteiger partial charge in [-0.15, -0.1) is 11.3 Å². The Morgan fingerprint density at radius 3 is 2.85 bits per heavy atom. The topological polar surface area (TPSA) is 50.7 Å². The fourth-order valence-electron chi connectivity index (χ4n) is 1.42. The Balaban J connectivity index is 1.84. The van der Waals surface area contributed by atoms with Gasteiger partial charge in [-0.25, -0.2) is 9.82 Å². The van der Waals surface area contributed by atoms with Gasteiger partial charge in [-0.1, -0.05) is 18.2 Å². The van der Waals surface area contributed by atoms with Gasteiger partial charge in [0.2, 0.25) is 0 Å². The van der Waals surface area contributed by atoms with E-state index in [1.807, 2.05) is 17.5 Å². The Morgan fingerprint density at radius 1 is 1.35 bits per heavy atom. The van der Waals surface area contributed by atoms with Crippen LogP contribution in [0.1, 0.15) is 11.8 Å². The summed E-state index contributed by atoms with van der Waals surface area (Å²) in [5.41, 5.74) is 3.08. The Kier molecular flexibility index (Phi) is 4.84. The average molecular weight is 292 g/mol. The molecular formula is C14H13FN2O2S. The summed E-state index contributed by atoms with van der Waals surface area (Å²) in [6.45, 7) is 1.51. The van der Waals surface area contributed by atoms with Crippen LogP contribution in [0.3, 0.4) is 0 Å². The molecule has 6 heteroatoms. The molecule has 0 unspecified atom stereocenters. The van der Waals surface area contributed by atoms with Crippen LogP contribution in [0.15, 0.2) is 46.9 Å². The van der Waals surface area contributed by atoms with Gasteiger partial charge in [0.15, 0.2) is 18.2 Å². The highest BCUT2D eigenvalue weighted by atomic mass is 32.1. The number of para-hydroxylation sites is 1. The summed E-state index contributed by atoms with van der Waals surface area (Å²) >= 11 is 1.53. The van der Waals surface area contributed by atoms with E-state index in [-0.39, 0.29) is 12.4 Å². The van der Waals surface area contributed by atoms with Gasteiger partial charge in [0, 0.05) is 4.88 Å². The van der Waals surface area contributed by atoms with Crippen molar-refractivity contribution < 1.29 is 13.9 Å². The molecule has 0 spiro atoms. The van der Waals surface area contributed by atoms with E-state index in [4.69, 9.17) is 4.74 Å². The molecule has 0 aliphatic carbocycles. The average Bonchev–Trinajstić information content (AvgIpc) is 2.98. The minimum absolute atomic E-state index is 0.0432. The number of hydrazone groups is 1. The van der Waals surface area contributed by atoms with E-state index in [0.29, 0.717) is 5.71 Å². The van der Waals surface area contributed by atoms with E-state index in [1.165, 1.54) is 23.5 Å². The molecule has 20 heavy (non-hydrogen) atoms. The van der Waals surface area contributed by atoms with Gasteiger partial charge >= 0.3 is 0 Å². The normalized spacial score (nSPS) is 11.2. The first-order valence-corrected chi connectivity index (χ1v) is 6.79. The van der Waals surface area contributed by atoms with E-state index in [0.717, 1.165) is 4.88 Å². The number of carbonyl (C=O) groups excluding carboxylic acids is 1. The van der Waals surface area contributed by atoms with Crippen molar-refractivity contribution in [1.82, 2.24) is 5.43 Å². The van der Waals surface area contributed by atoms with Crippen LogP contribution < -0.4 is 10.2 Å². The van der Waals surface area contributed by atoms with Crippen LogP contribution in [-0.4, -0.2) is 18.2 Å². The Hall–Kier alpha value is -2.21. The second-order valence-electron chi connectivity index (χ2n) is 3.93. The second kappa shape index (κ2) is 6.81. The molecule has 4 nitrogen and oxygen atoms in total. The van der Waals surface area contributed by atoms with Crippen LogP contribution >= 0.6 is 11.3 Å². The monoisotopic (exact) mass is 292 g/mol. The molecule has 0 saturated carbocycles. The maximum Gasteiger partial charge on any atom is 0.277 e. The number of rotatable bonds is 5. The van der Waals surface area contributed by atoms with Crippen molar-refractivity contribution in [2.75, 3.05) is 6.61 Å². The van der Waals surface area contributed by atoms with Gasteiger partial charge in [-0.3, -0.25) is 4.79 Å². The summed E-state index contributed by atoms with van der Waals surface area (Å²) in [5.74, 6) is -0.899. The molecule has 1 N–H and O–H groups in total. The Morgan fingerprint density at radius 2 is 2.15 bits per heavy atom. The molecular weight excluding hydrogens is 279 g/mol. The van der Waals surface area contributed by atoms with Crippen molar-refractivity contribution in [1.29, 1.82) is 0 Å². The fourth-order valence-corrected chi connectivity index (χ4v) is 2.10. The fraction of sp³-hybridized carbons (Fsp3) is 0.143. The quantitative estimate of drug-likeness (QED) is 0.680. The zero-order chi connectivity index (χ0) is 14.4. The van der Waals surface area contributed by atoms with Gasteiger partial charge in [0.1, 0.15) is 0 Å². The van der Waals surface area contributed by atoms with Crippen molar-refractivity contribution in [2.24, 2.45) is 5.10 Å². The number of amides is 1. The number of hydrogen-bond acceptors (Lipinski definition) is 4. The summed E-state index contributed by atoms with van der Waals surface area (Å²) in [6, 6.07) is 9.73. The number of thiophene rings is 1. The molecule has 0 atom stereocenters. The summed E-state index contributed by atoms with van der Waals surface area (Å²) in [5, 5.41) is 5.88. The third-order valence-electron chi connectivity index (χ3n) is 2.42. The summed E-state index contributed by atoms with van der Waals surface area (Å²) in [4.78, 5) is 12.5. The van der Waals surface area contributed by atoms with Crippen LogP contribution in [0.25, 0.3) is 0 Å². The molecule has 0 bridgehead atoms. The highest BCUT2D eigenvalue weighted by Crippen LogP contribution is 2.14. The van der Waals surface area contributed by atoms with Crippen LogP contribution in [0.5, 0.6) is 5.75 Å². The van der Waals surface area contributed by atoms with Gasteiger partial charge in [-0.05, 0) is 30.5 Å². The molecule has 0 aliphatic rings. The minimum atomic E-state index is -0.501. The largest absolute Gasteiger partial charge is 0.481 e. The maximum absolute atomic E-state index is 13.3. The SMILES string of the molecule is C/C(=N\NC(=O)COc1ccccc1F)c1cccs1. The van der Waals surface area contributed by atoms with Crippen molar-refractivity contribution in [2.45, 2.75) is 6.92 Å². The lowest BCUT2D eigenvalue weighted by molar-refractivity contribution is -0.123. The van der Waals surface area contributed by atoms with E-state index in [1.54, 1.807) is 19.1 Å². The van der Waals surface area contributed by atoms with Crippen molar-refractivity contribution in [3.63, 3.8) is 0 Å². The van der Waals surface area contributed by atoms with Crippen LogP contribution in [0.2, 0.25) is 0 Å². The number of nitrogens with one attached hydrogen (secondary N) is 1. The summed E-state index contributed by atoms with van der Waals surface area (Å²) < 4.78 is 18.3. The first-order valence-electron chi connectivity index (χ1n) is 5.91. The number of benzene rings is 1. The van der Waals surface area contributed by atoms with Crippen molar-refractivity contribution >= 4 is 23.0 Å². The molecule has 2 aromatic rings. The summed E-state index contributed by atoms with van der Waals surface area (Å²) in [7, 11) is 0.